The van der Waals surface area contributed by atoms with Crippen LogP contribution in [0.1, 0.15) is 0 Å². The van der Waals surface area contributed by atoms with Gasteiger partial charge >= 0.3 is 0 Å². The fourth-order valence-electron chi connectivity index (χ4n) is 1.45. The summed E-state index contributed by atoms with van der Waals surface area (Å²) in [7, 11) is -3.48. The van der Waals surface area contributed by atoms with Crippen LogP contribution in [0.3, 0.4) is 0 Å². The first-order valence-electron chi connectivity index (χ1n) is 5.27. The van der Waals surface area contributed by atoms with Gasteiger partial charge in [-0.15, -0.1) is 11.8 Å². The van der Waals surface area contributed by atoms with Crippen LogP contribution in [0, 0.1) is 0 Å². The Morgan fingerprint density at radius 2 is 2.37 bits per heavy atom. The number of hydrogen-bond donors (Lipinski definition) is 0. The van der Waals surface area contributed by atoms with E-state index in [0.29, 0.717) is 16.1 Å². The number of rotatable bonds is 4. The quantitative estimate of drug-likeness (QED) is 0.454. The van der Waals surface area contributed by atoms with Gasteiger partial charge in [0.1, 0.15) is 18.2 Å². The number of fused-ring (bicyclic) bond motifs is 1. The second-order valence-corrected chi connectivity index (χ2v) is 7.04. The van der Waals surface area contributed by atoms with E-state index in [2.05, 4.69) is 20.9 Å². The van der Waals surface area contributed by atoms with Crippen LogP contribution in [0.2, 0.25) is 0 Å². The van der Waals surface area contributed by atoms with Crippen molar-refractivity contribution < 1.29 is 22.1 Å². The van der Waals surface area contributed by atoms with Crippen molar-refractivity contribution >= 4 is 37.8 Å². The van der Waals surface area contributed by atoms with Gasteiger partial charge in [0.25, 0.3) is 10.1 Å². The normalized spacial score (nSPS) is 18.4. The molecule has 0 aliphatic carbocycles. The van der Waals surface area contributed by atoms with Crippen molar-refractivity contribution in [2.24, 2.45) is 0 Å². The van der Waals surface area contributed by atoms with Gasteiger partial charge in [-0.2, -0.15) is 8.42 Å². The molecular formula is C10H12BrNO5S2. The zero-order chi connectivity index (χ0) is 14.0. The van der Waals surface area contributed by atoms with Gasteiger partial charge in [0.05, 0.1) is 6.26 Å². The van der Waals surface area contributed by atoms with Crippen LogP contribution in [0.4, 0.5) is 0 Å². The highest BCUT2D eigenvalue weighted by Gasteiger charge is 2.25. The van der Waals surface area contributed by atoms with Crippen LogP contribution in [-0.4, -0.2) is 45.2 Å². The number of nitrogens with zero attached hydrogens (tertiary/aromatic N) is 1. The Hall–Kier alpha value is -0.510. The molecule has 0 saturated heterocycles. The first-order chi connectivity index (χ1) is 8.89. The lowest BCUT2D eigenvalue weighted by Crippen LogP contribution is -2.34. The molecule has 1 unspecified atom stereocenters. The summed E-state index contributed by atoms with van der Waals surface area (Å²) >= 11 is 4.78. The van der Waals surface area contributed by atoms with Crippen molar-refractivity contribution in [1.82, 2.24) is 4.98 Å². The van der Waals surface area contributed by atoms with Crippen LogP contribution >= 0.6 is 27.7 Å². The third-order valence-electron chi connectivity index (χ3n) is 2.26. The van der Waals surface area contributed by atoms with Gasteiger partial charge < -0.3 is 9.47 Å². The minimum absolute atomic E-state index is 0.0766. The van der Waals surface area contributed by atoms with Gasteiger partial charge in [-0.05, 0) is 22.2 Å². The molecule has 0 radical (unpaired) electrons. The first-order valence-corrected chi connectivity index (χ1v) is 9.11. The Bertz CT molecular complexity index is 578. The predicted molar refractivity (Wildman–Crippen MR) is 74.4 cm³/mol. The summed E-state index contributed by atoms with van der Waals surface area (Å²) in [6.07, 6.45) is 2.43. The molecule has 0 saturated carbocycles. The molecule has 0 N–H and O–H groups in total. The third kappa shape index (κ3) is 3.98. The van der Waals surface area contributed by atoms with Crippen LogP contribution in [0.5, 0.6) is 11.5 Å². The fourth-order valence-corrected chi connectivity index (χ4v) is 2.88. The fraction of sp³-hybridized carbons (Fsp3) is 0.500. The average molecular weight is 370 g/mol. The zero-order valence-electron chi connectivity index (χ0n) is 10.3. The molecule has 1 aromatic rings. The maximum Gasteiger partial charge on any atom is 0.264 e. The molecule has 106 valence electrons. The van der Waals surface area contributed by atoms with Crippen molar-refractivity contribution in [2.45, 2.75) is 11.1 Å². The summed E-state index contributed by atoms with van der Waals surface area (Å²) in [5.74, 6) is 1.05. The standard InChI is InChI=1S/C10H12BrNO5S2/c1-18-8-3-7-9(10(11)12-8)15-4-6(17-7)5-16-19(2,13)14/h3,6H,4-5H2,1-2H3. The minimum atomic E-state index is -3.48. The number of halogens is 1. The van der Waals surface area contributed by atoms with Crippen molar-refractivity contribution in [3.63, 3.8) is 0 Å². The molecule has 9 heteroatoms. The van der Waals surface area contributed by atoms with E-state index in [1.165, 1.54) is 11.8 Å². The van der Waals surface area contributed by atoms with Gasteiger partial charge in [0.2, 0.25) is 0 Å². The Labute approximate surface area is 124 Å². The van der Waals surface area contributed by atoms with Crippen LogP contribution in [0.15, 0.2) is 15.7 Å². The van der Waals surface area contributed by atoms with E-state index < -0.39 is 16.2 Å². The summed E-state index contributed by atoms with van der Waals surface area (Å²) in [5, 5.41) is 0.777. The largest absolute Gasteiger partial charge is 0.483 e. The molecular weight excluding hydrogens is 358 g/mol. The maximum absolute atomic E-state index is 10.9. The van der Waals surface area contributed by atoms with Gasteiger partial charge in [-0.3, -0.25) is 4.18 Å². The first kappa shape index (κ1) is 14.9. The summed E-state index contributed by atoms with van der Waals surface area (Å²) in [6, 6.07) is 1.75. The lowest BCUT2D eigenvalue weighted by molar-refractivity contribution is 0.0543. The van der Waals surface area contributed by atoms with E-state index in [-0.39, 0.29) is 13.2 Å². The molecule has 0 fully saturated rings. The zero-order valence-corrected chi connectivity index (χ0v) is 13.5. The van der Waals surface area contributed by atoms with Crippen molar-refractivity contribution in [3.8, 4) is 11.5 Å². The topological polar surface area (TPSA) is 74.7 Å². The summed E-state index contributed by atoms with van der Waals surface area (Å²) in [5.41, 5.74) is 0. The number of thioether (sulfide) groups is 1. The lowest BCUT2D eigenvalue weighted by Gasteiger charge is -2.26. The van der Waals surface area contributed by atoms with E-state index in [0.717, 1.165) is 11.3 Å². The van der Waals surface area contributed by atoms with Gasteiger partial charge in [-0.25, -0.2) is 4.98 Å². The van der Waals surface area contributed by atoms with Crippen molar-refractivity contribution in [3.05, 3.63) is 10.7 Å². The molecule has 6 nitrogen and oxygen atoms in total. The Morgan fingerprint density at radius 1 is 1.63 bits per heavy atom. The maximum atomic E-state index is 10.9. The minimum Gasteiger partial charge on any atom is -0.483 e. The molecule has 0 amide bonds. The SMILES string of the molecule is CSc1cc2c(c(Br)n1)OCC(COS(C)(=O)=O)O2. The van der Waals surface area contributed by atoms with Crippen molar-refractivity contribution in [1.29, 1.82) is 0 Å². The highest BCUT2D eigenvalue weighted by atomic mass is 79.9. The second-order valence-electron chi connectivity index (χ2n) is 3.82. The van der Waals surface area contributed by atoms with Crippen LogP contribution in [0.25, 0.3) is 0 Å². The van der Waals surface area contributed by atoms with Crippen LogP contribution in [-0.2, 0) is 14.3 Å². The third-order valence-corrected chi connectivity index (χ3v) is 3.99. The van der Waals surface area contributed by atoms with Crippen molar-refractivity contribution in [2.75, 3.05) is 25.7 Å². The molecule has 1 aliphatic rings. The second kappa shape index (κ2) is 5.86. The van der Waals surface area contributed by atoms with Crippen LogP contribution < -0.4 is 9.47 Å². The molecule has 1 aromatic heterocycles. The molecule has 19 heavy (non-hydrogen) atoms. The number of aromatic nitrogens is 1. The van der Waals surface area contributed by atoms with Gasteiger partial charge in [0.15, 0.2) is 22.2 Å². The molecule has 0 spiro atoms. The van der Waals surface area contributed by atoms with Gasteiger partial charge in [0, 0.05) is 6.07 Å². The molecule has 2 heterocycles. The highest BCUT2D eigenvalue weighted by Crippen LogP contribution is 2.39. The summed E-state index contributed by atoms with van der Waals surface area (Å²) in [6.45, 7) is 0.133. The molecule has 0 aromatic carbocycles. The van der Waals surface area contributed by atoms with E-state index >= 15 is 0 Å². The summed E-state index contributed by atoms with van der Waals surface area (Å²) < 4.78 is 38.3. The predicted octanol–water partition coefficient (Wildman–Crippen LogP) is 1.68. The Morgan fingerprint density at radius 3 is 3.00 bits per heavy atom. The summed E-state index contributed by atoms with van der Waals surface area (Å²) in [4.78, 5) is 4.26. The van der Waals surface area contributed by atoms with E-state index in [1.807, 2.05) is 6.26 Å². The molecule has 0 bridgehead atoms. The monoisotopic (exact) mass is 369 g/mol. The highest BCUT2D eigenvalue weighted by molar-refractivity contribution is 9.10. The number of ether oxygens (including phenoxy) is 2. The lowest BCUT2D eigenvalue weighted by atomic mass is 10.3. The van der Waals surface area contributed by atoms with E-state index in [4.69, 9.17) is 13.7 Å². The van der Waals surface area contributed by atoms with Gasteiger partial charge in [-0.1, -0.05) is 0 Å². The average Bonchev–Trinajstić information content (AvgIpc) is 2.35. The smallest absolute Gasteiger partial charge is 0.264 e. The van der Waals surface area contributed by atoms with E-state index in [1.54, 1.807) is 6.07 Å². The molecule has 1 aliphatic heterocycles. The molecule has 2 rings (SSSR count). The Kier molecular flexibility index (Phi) is 4.59. The number of hydrogen-bond acceptors (Lipinski definition) is 7. The Balaban J connectivity index is 2.12. The van der Waals surface area contributed by atoms with E-state index in [9.17, 15) is 8.42 Å². The molecule has 1 atom stereocenters. The number of pyridine rings is 1.